The van der Waals surface area contributed by atoms with Gasteiger partial charge in [0.15, 0.2) is 0 Å². The van der Waals surface area contributed by atoms with Gasteiger partial charge in [-0.15, -0.1) is 0 Å². The van der Waals surface area contributed by atoms with Crippen LogP contribution < -0.4 is 15.4 Å². The zero-order valence-electron chi connectivity index (χ0n) is 19.1. The zero-order chi connectivity index (χ0) is 22.9. The van der Waals surface area contributed by atoms with Crippen LogP contribution in [-0.4, -0.2) is 61.4 Å². The van der Waals surface area contributed by atoms with Crippen molar-refractivity contribution in [3.63, 3.8) is 0 Å². The molecule has 7 nitrogen and oxygen atoms in total. The third kappa shape index (κ3) is 6.31. The van der Waals surface area contributed by atoms with E-state index < -0.39 is 0 Å². The Morgan fingerprint density at radius 2 is 1.84 bits per heavy atom. The van der Waals surface area contributed by atoms with Crippen LogP contribution in [0.2, 0.25) is 0 Å². The second kappa shape index (κ2) is 11.6. The molecule has 1 aliphatic heterocycles. The van der Waals surface area contributed by atoms with Gasteiger partial charge in [0, 0.05) is 64.8 Å². The summed E-state index contributed by atoms with van der Waals surface area (Å²) in [5, 5.41) is 0. The summed E-state index contributed by atoms with van der Waals surface area (Å²) in [4.78, 5) is 31.4. The van der Waals surface area contributed by atoms with Crippen LogP contribution in [0.5, 0.6) is 5.75 Å². The molecular formula is C25H34N4O3. The fourth-order valence-electron chi connectivity index (χ4n) is 4.15. The topological polar surface area (TPSA) is 79.1 Å². The third-order valence-electron chi connectivity index (χ3n) is 5.82. The number of fused-ring (bicyclic) bond motifs is 1. The lowest BCUT2D eigenvalue weighted by Gasteiger charge is -2.28. The smallest absolute Gasteiger partial charge is 0.224 e. The van der Waals surface area contributed by atoms with E-state index in [1.54, 1.807) is 14.0 Å². The van der Waals surface area contributed by atoms with E-state index in [2.05, 4.69) is 11.0 Å². The molecule has 0 radical (unpaired) electrons. The number of hydrogen-bond acceptors (Lipinski definition) is 5. The Morgan fingerprint density at radius 3 is 2.59 bits per heavy atom. The molecule has 0 saturated carbocycles. The number of anilines is 1. The minimum Gasteiger partial charge on any atom is -0.497 e. The molecule has 172 valence electrons. The minimum absolute atomic E-state index is 0.0101. The first-order chi connectivity index (χ1) is 15.5. The first-order valence-electron chi connectivity index (χ1n) is 11.2. The highest BCUT2D eigenvalue weighted by atomic mass is 16.5. The van der Waals surface area contributed by atoms with Crippen molar-refractivity contribution in [1.29, 1.82) is 0 Å². The normalized spacial score (nSPS) is 15.6. The van der Waals surface area contributed by atoms with Gasteiger partial charge in [-0.05, 0) is 35.7 Å². The lowest BCUT2D eigenvalue weighted by Crippen LogP contribution is -2.39. The first-order valence-corrected chi connectivity index (χ1v) is 11.2. The molecule has 1 heterocycles. The molecule has 0 aliphatic carbocycles. The fourth-order valence-corrected chi connectivity index (χ4v) is 4.15. The molecule has 2 amide bonds. The van der Waals surface area contributed by atoms with E-state index in [0.717, 1.165) is 48.6 Å². The number of carbonyl (C=O) groups excluding carboxylic acids is 2. The quantitative estimate of drug-likeness (QED) is 0.776. The molecule has 0 bridgehead atoms. The summed E-state index contributed by atoms with van der Waals surface area (Å²) in [7, 11) is 1.67. The molecule has 7 heteroatoms. The van der Waals surface area contributed by atoms with Crippen LogP contribution in [0.15, 0.2) is 48.5 Å². The average molecular weight is 439 g/mol. The van der Waals surface area contributed by atoms with Crippen LogP contribution >= 0.6 is 0 Å². The van der Waals surface area contributed by atoms with Gasteiger partial charge in [-0.3, -0.25) is 14.5 Å². The first kappa shape index (κ1) is 23.8. The van der Waals surface area contributed by atoms with E-state index in [1.807, 2.05) is 52.3 Å². The van der Waals surface area contributed by atoms with Crippen molar-refractivity contribution in [2.45, 2.75) is 32.9 Å². The van der Waals surface area contributed by atoms with Crippen LogP contribution in [0.25, 0.3) is 0 Å². The highest BCUT2D eigenvalue weighted by Crippen LogP contribution is 2.24. The SMILES string of the molecule is COc1cccc(CN2CCCN(C(C)=O)c3ccccc3CN(C(=O)CCN)CC2)c1. The summed E-state index contributed by atoms with van der Waals surface area (Å²) < 4.78 is 5.37. The molecule has 0 atom stereocenters. The predicted molar refractivity (Wildman–Crippen MR) is 126 cm³/mol. The van der Waals surface area contributed by atoms with Gasteiger partial charge in [-0.25, -0.2) is 0 Å². The van der Waals surface area contributed by atoms with Gasteiger partial charge in [0.05, 0.1) is 7.11 Å². The number of ether oxygens (including phenoxy) is 1. The van der Waals surface area contributed by atoms with Gasteiger partial charge in [0.2, 0.25) is 11.8 Å². The average Bonchev–Trinajstić information content (AvgIpc) is 2.82. The van der Waals surface area contributed by atoms with Crippen LogP contribution in [0.3, 0.4) is 0 Å². The number of nitrogens with two attached hydrogens (primary N) is 1. The Bertz CT molecular complexity index is 918. The number of rotatable bonds is 5. The molecule has 0 spiro atoms. The van der Waals surface area contributed by atoms with Gasteiger partial charge in [0.25, 0.3) is 0 Å². The van der Waals surface area contributed by atoms with Gasteiger partial charge in [-0.1, -0.05) is 30.3 Å². The molecule has 32 heavy (non-hydrogen) atoms. The maximum absolute atomic E-state index is 12.9. The second-order valence-corrected chi connectivity index (χ2v) is 8.13. The van der Waals surface area contributed by atoms with Crippen molar-refractivity contribution >= 4 is 17.5 Å². The van der Waals surface area contributed by atoms with E-state index in [1.165, 1.54) is 0 Å². The van der Waals surface area contributed by atoms with Gasteiger partial charge >= 0.3 is 0 Å². The Morgan fingerprint density at radius 1 is 1.03 bits per heavy atom. The molecule has 0 fully saturated rings. The van der Waals surface area contributed by atoms with E-state index in [0.29, 0.717) is 32.6 Å². The number of hydrogen-bond donors (Lipinski definition) is 1. The lowest BCUT2D eigenvalue weighted by atomic mass is 10.1. The molecule has 2 N–H and O–H groups in total. The van der Waals surface area contributed by atoms with Crippen molar-refractivity contribution in [3.8, 4) is 5.75 Å². The molecule has 0 aromatic heterocycles. The van der Waals surface area contributed by atoms with Crippen molar-refractivity contribution < 1.29 is 14.3 Å². The Hall–Kier alpha value is -2.90. The Labute approximate surface area is 190 Å². The van der Waals surface area contributed by atoms with Gasteiger partial charge < -0.3 is 20.3 Å². The number of methoxy groups -OCH3 is 1. The van der Waals surface area contributed by atoms with E-state index >= 15 is 0 Å². The summed E-state index contributed by atoms with van der Waals surface area (Å²) in [6.07, 6.45) is 1.16. The largest absolute Gasteiger partial charge is 0.497 e. The number of nitrogens with zero attached hydrogens (tertiary/aromatic N) is 3. The summed E-state index contributed by atoms with van der Waals surface area (Å²) >= 11 is 0. The lowest BCUT2D eigenvalue weighted by molar-refractivity contribution is -0.131. The van der Waals surface area contributed by atoms with Crippen LogP contribution in [0.4, 0.5) is 5.69 Å². The summed E-state index contributed by atoms with van der Waals surface area (Å²) in [5.41, 5.74) is 8.70. The summed E-state index contributed by atoms with van der Waals surface area (Å²) in [6, 6.07) is 15.9. The van der Waals surface area contributed by atoms with Crippen LogP contribution in [0.1, 0.15) is 30.9 Å². The molecular weight excluding hydrogens is 404 g/mol. The van der Waals surface area contributed by atoms with Crippen molar-refractivity contribution in [1.82, 2.24) is 9.80 Å². The molecule has 0 saturated heterocycles. The Kier molecular flexibility index (Phi) is 8.64. The second-order valence-electron chi connectivity index (χ2n) is 8.13. The maximum atomic E-state index is 12.9. The van der Waals surface area contributed by atoms with Gasteiger partial charge in [-0.2, -0.15) is 0 Å². The molecule has 1 aliphatic rings. The van der Waals surface area contributed by atoms with Crippen molar-refractivity contribution in [2.24, 2.45) is 5.73 Å². The highest BCUT2D eigenvalue weighted by molar-refractivity contribution is 5.92. The number of amides is 2. The molecule has 2 aromatic carbocycles. The van der Waals surface area contributed by atoms with Crippen molar-refractivity contribution in [3.05, 3.63) is 59.7 Å². The van der Waals surface area contributed by atoms with Crippen LogP contribution in [0, 0.1) is 0 Å². The van der Waals surface area contributed by atoms with E-state index in [9.17, 15) is 9.59 Å². The Balaban J connectivity index is 1.87. The van der Waals surface area contributed by atoms with Crippen molar-refractivity contribution in [2.75, 3.05) is 44.7 Å². The van der Waals surface area contributed by atoms with E-state index in [-0.39, 0.29) is 11.8 Å². The monoisotopic (exact) mass is 438 g/mol. The third-order valence-corrected chi connectivity index (χ3v) is 5.82. The summed E-state index contributed by atoms with van der Waals surface area (Å²) in [6.45, 7) is 5.95. The fraction of sp³-hybridized carbons (Fsp3) is 0.440. The molecule has 2 aromatic rings. The predicted octanol–water partition coefficient (Wildman–Crippen LogP) is 2.63. The molecule has 0 unspecified atom stereocenters. The number of benzene rings is 2. The highest BCUT2D eigenvalue weighted by Gasteiger charge is 2.22. The van der Waals surface area contributed by atoms with E-state index in [4.69, 9.17) is 10.5 Å². The van der Waals surface area contributed by atoms with Crippen LogP contribution in [-0.2, 0) is 22.7 Å². The number of carbonyl (C=O) groups is 2. The summed E-state index contributed by atoms with van der Waals surface area (Å²) in [5.74, 6) is 0.881. The molecule has 3 rings (SSSR count). The zero-order valence-corrected chi connectivity index (χ0v) is 19.1. The standard InChI is InChI=1S/C25H34N4O3/c1-20(30)29-14-6-13-27(18-21-7-5-9-23(17-21)32-2)15-16-28(25(31)11-12-26)19-22-8-3-4-10-24(22)29/h3-5,7-10,17H,6,11-16,18-19,26H2,1-2H3. The minimum atomic E-state index is 0.0101. The maximum Gasteiger partial charge on any atom is 0.224 e. The van der Waals surface area contributed by atoms with Gasteiger partial charge in [0.1, 0.15) is 5.75 Å². The number of para-hydroxylation sites is 1.